The van der Waals surface area contributed by atoms with Gasteiger partial charge in [-0.2, -0.15) is 0 Å². The quantitative estimate of drug-likeness (QED) is 0.458. The Labute approximate surface area is 185 Å². The molecule has 0 spiro atoms. The molecule has 1 aromatic heterocycles. The van der Waals surface area contributed by atoms with Crippen LogP contribution in [0.1, 0.15) is 21.7 Å². The number of anilines is 1. The number of ether oxygens (including phenoxy) is 2. The Morgan fingerprint density at radius 1 is 1.00 bits per heavy atom. The molecule has 0 atom stereocenters. The monoisotopic (exact) mass is 429 g/mol. The van der Waals surface area contributed by atoms with Crippen molar-refractivity contribution in [3.05, 3.63) is 83.7 Å². The number of nitrogens with zero attached hydrogens (tertiary/aromatic N) is 2. The molecule has 7 heteroatoms. The molecule has 1 amide bonds. The van der Waals surface area contributed by atoms with Crippen LogP contribution in [-0.4, -0.2) is 35.1 Å². The molecule has 0 aliphatic carbocycles. The van der Waals surface area contributed by atoms with Gasteiger partial charge in [-0.1, -0.05) is 18.2 Å². The van der Waals surface area contributed by atoms with E-state index in [1.54, 1.807) is 30.3 Å². The lowest BCUT2D eigenvalue weighted by molar-refractivity contribution is -0.142. The highest BCUT2D eigenvalue weighted by molar-refractivity contribution is 6.06. The van der Waals surface area contributed by atoms with Crippen LogP contribution in [0, 0.1) is 13.8 Å². The molecular formula is C25H23N3O4. The van der Waals surface area contributed by atoms with Gasteiger partial charge in [0.1, 0.15) is 11.6 Å². The van der Waals surface area contributed by atoms with E-state index in [-0.39, 0.29) is 12.5 Å². The van der Waals surface area contributed by atoms with E-state index in [0.717, 1.165) is 28.1 Å². The highest BCUT2D eigenvalue weighted by Gasteiger charge is 2.14. The van der Waals surface area contributed by atoms with Crippen LogP contribution in [0.25, 0.3) is 16.7 Å². The van der Waals surface area contributed by atoms with Crippen LogP contribution >= 0.6 is 0 Å². The highest BCUT2D eigenvalue weighted by atomic mass is 16.6. The minimum absolute atomic E-state index is 0.170. The number of para-hydroxylation sites is 1. The highest BCUT2D eigenvalue weighted by Crippen LogP contribution is 2.25. The number of hydrogen-bond donors (Lipinski definition) is 1. The van der Waals surface area contributed by atoms with Crippen LogP contribution in [0.5, 0.6) is 5.75 Å². The lowest BCUT2D eigenvalue weighted by atomic mass is 10.1. The second-order valence-corrected chi connectivity index (χ2v) is 7.33. The molecule has 1 heterocycles. The van der Waals surface area contributed by atoms with Gasteiger partial charge in [0.25, 0.3) is 5.91 Å². The Balaban J connectivity index is 1.54. The Morgan fingerprint density at radius 3 is 2.50 bits per heavy atom. The molecule has 7 nitrogen and oxygen atoms in total. The maximum atomic E-state index is 12.9. The van der Waals surface area contributed by atoms with Crippen LogP contribution in [0.15, 0.2) is 66.7 Å². The van der Waals surface area contributed by atoms with E-state index in [4.69, 9.17) is 4.74 Å². The van der Waals surface area contributed by atoms with Gasteiger partial charge < -0.3 is 14.8 Å². The van der Waals surface area contributed by atoms with Crippen LogP contribution < -0.4 is 10.1 Å². The maximum absolute atomic E-state index is 12.9. The SMILES string of the molecule is COC(=O)COc1ccc(NC(=O)c2ccc3c(c2)nc(C)n3-c2ccccc2)c(C)c1. The summed E-state index contributed by atoms with van der Waals surface area (Å²) in [6, 6.07) is 20.7. The van der Waals surface area contributed by atoms with Gasteiger partial charge in [0.15, 0.2) is 6.61 Å². The number of nitrogens with one attached hydrogen (secondary N) is 1. The number of rotatable bonds is 6. The third kappa shape index (κ3) is 4.32. The third-order valence-corrected chi connectivity index (χ3v) is 5.13. The van der Waals surface area contributed by atoms with Crippen LogP contribution in [0.2, 0.25) is 0 Å². The van der Waals surface area contributed by atoms with Gasteiger partial charge in [0.05, 0.1) is 18.1 Å². The zero-order valence-corrected chi connectivity index (χ0v) is 18.1. The van der Waals surface area contributed by atoms with E-state index >= 15 is 0 Å². The van der Waals surface area contributed by atoms with Gasteiger partial charge in [0, 0.05) is 16.9 Å². The Hall–Kier alpha value is -4.13. The Kier molecular flexibility index (Phi) is 5.89. The number of fused-ring (bicyclic) bond motifs is 1. The van der Waals surface area contributed by atoms with Crippen molar-refractivity contribution in [3.8, 4) is 11.4 Å². The normalized spacial score (nSPS) is 10.7. The van der Waals surface area contributed by atoms with Crippen LogP contribution in [0.4, 0.5) is 5.69 Å². The van der Waals surface area contributed by atoms with E-state index in [9.17, 15) is 9.59 Å². The van der Waals surface area contributed by atoms with E-state index in [2.05, 4.69) is 19.6 Å². The van der Waals surface area contributed by atoms with Gasteiger partial charge in [-0.15, -0.1) is 0 Å². The lowest BCUT2D eigenvalue weighted by Gasteiger charge is -2.11. The predicted molar refractivity (Wildman–Crippen MR) is 122 cm³/mol. The number of carbonyl (C=O) groups excluding carboxylic acids is 2. The number of imidazole rings is 1. The molecule has 0 saturated heterocycles. The van der Waals surface area contributed by atoms with Gasteiger partial charge in [-0.05, 0) is 67.9 Å². The summed E-state index contributed by atoms with van der Waals surface area (Å²) in [5.74, 6) is 0.682. The number of esters is 1. The van der Waals surface area contributed by atoms with Crippen LogP contribution in [0.3, 0.4) is 0 Å². The summed E-state index contributed by atoms with van der Waals surface area (Å²) in [7, 11) is 1.31. The fourth-order valence-electron chi connectivity index (χ4n) is 3.51. The molecule has 4 aromatic rings. The van der Waals surface area contributed by atoms with Crippen molar-refractivity contribution in [1.29, 1.82) is 0 Å². The zero-order chi connectivity index (χ0) is 22.7. The van der Waals surface area contributed by atoms with Gasteiger partial charge in [-0.3, -0.25) is 9.36 Å². The van der Waals surface area contributed by atoms with Crippen molar-refractivity contribution in [3.63, 3.8) is 0 Å². The summed E-state index contributed by atoms with van der Waals surface area (Å²) in [6.45, 7) is 3.63. The number of methoxy groups -OCH3 is 1. The molecule has 0 radical (unpaired) electrons. The molecule has 1 N–H and O–H groups in total. The fourth-order valence-corrected chi connectivity index (χ4v) is 3.51. The summed E-state index contributed by atoms with van der Waals surface area (Å²) < 4.78 is 12.0. The Morgan fingerprint density at radius 2 is 1.78 bits per heavy atom. The fraction of sp³-hybridized carbons (Fsp3) is 0.160. The molecule has 0 saturated carbocycles. The Bertz CT molecular complexity index is 1300. The topological polar surface area (TPSA) is 82.4 Å². The maximum Gasteiger partial charge on any atom is 0.343 e. The average molecular weight is 429 g/mol. The first-order chi connectivity index (χ1) is 15.5. The van der Waals surface area contributed by atoms with E-state index < -0.39 is 5.97 Å². The van der Waals surface area contributed by atoms with E-state index in [0.29, 0.717) is 17.0 Å². The number of amides is 1. The second kappa shape index (κ2) is 8.93. The lowest BCUT2D eigenvalue weighted by Crippen LogP contribution is -2.14. The molecular weight excluding hydrogens is 406 g/mol. The van der Waals surface area contributed by atoms with Crippen molar-refractivity contribution in [2.45, 2.75) is 13.8 Å². The number of aromatic nitrogens is 2. The van der Waals surface area contributed by atoms with Crippen molar-refractivity contribution >= 4 is 28.6 Å². The third-order valence-electron chi connectivity index (χ3n) is 5.13. The van der Waals surface area contributed by atoms with Crippen molar-refractivity contribution < 1.29 is 19.1 Å². The first-order valence-corrected chi connectivity index (χ1v) is 10.1. The molecule has 0 bridgehead atoms. The second-order valence-electron chi connectivity index (χ2n) is 7.33. The molecule has 0 unspecified atom stereocenters. The molecule has 4 rings (SSSR count). The van der Waals surface area contributed by atoms with Crippen molar-refractivity contribution in [2.24, 2.45) is 0 Å². The minimum Gasteiger partial charge on any atom is -0.482 e. The molecule has 32 heavy (non-hydrogen) atoms. The van der Waals surface area contributed by atoms with Crippen molar-refractivity contribution in [1.82, 2.24) is 9.55 Å². The summed E-state index contributed by atoms with van der Waals surface area (Å²) in [5, 5.41) is 2.93. The average Bonchev–Trinajstić information content (AvgIpc) is 3.14. The number of hydrogen-bond acceptors (Lipinski definition) is 5. The van der Waals surface area contributed by atoms with Crippen molar-refractivity contribution in [2.75, 3.05) is 19.0 Å². The number of carbonyl (C=O) groups is 2. The van der Waals surface area contributed by atoms with E-state index in [1.165, 1.54) is 7.11 Å². The largest absolute Gasteiger partial charge is 0.482 e. The zero-order valence-electron chi connectivity index (χ0n) is 18.1. The van der Waals surface area contributed by atoms with Gasteiger partial charge in [-0.25, -0.2) is 9.78 Å². The van der Waals surface area contributed by atoms with E-state index in [1.807, 2.05) is 50.2 Å². The first kappa shape index (κ1) is 21.1. The summed E-state index contributed by atoms with van der Waals surface area (Å²) in [4.78, 5) is 28.7. The van der Waals surface area contributed by atoms with Gasteiger partial charge in [0.2, 0.25) is 0 Å². The predicted octanol–water partition coefficient (Wildman–Crippen LogP) is 4.45. The summed E-state index contributed by atoms with van der Waals surface area (Å²) in [5.41, 5.74) is 4.70. The summed E-state index contributed by atoms with van der Waals surface area (Å²) in [6.07, 6.45) is 0. The van der Waals surface area contributed by atoms with Crippen LogP contribution in [-0.2, 0) is 9.53 Å². The van der Waals surface area contributed by atoms with Gasteiger partial charge >= 0.3 is 5.97 Å². The molecule has 0 aliphatic heterocycles. The molecule has 0 fully saturated rings. The first-order valence-electron chi connectivity index (χ1n) is 10.1. The standard InChI is InChI=1S/C25H23N3O4/c1-16-13-20(32-15-24(29)31-3)10-11-21(16)27-25(30)18-9-12-23-22(14-18)26-17(2)28(23)19-7-5-4-6-8-19/h4-14H,15H2,1-3H3,(H,27,30). The smallest absolute Gasteiger partial charge is 0.343 e. The molecule has 162 valence electrons. The minimum atomic E-state index is -0.458. The number of aryl methyl sites for hydroxylation is 2. The summed E-state index contributed by atoms with van der Waals surface area (Å²) >= 11 is 0. The molecule has 3 aromatic carbocycles. The molecule has 0 aliphatic rings. The number of benzene rings is 3.